The van der Waals surface area contributed by atoms with Crippen molar-refractivity contribution in [3.8, 4) is 0 Å². The van der Waals surface area contributed by atoms with Crippen LogP contribution in [0.4, 0.5) is 5.69 Å². The fourth-order valence-corrected chi connectivity index (χ4v) is 4.03. The summed E-state index contributed by atoms with van der Waals surface area (Å²) in [6.45, 7) is 0.835. The minimum Gasteiger partial charge on any atom is -0.311 e. The van der Waals surface area contributed by atoms with E-state index in [1.165, 1.54) is 5.56 Å². The molecule has 2 heterocycles. The number of hydrogen-bond acceptors (Lipinski definition) is 2. The van der Waals surface area contributed by atoms with Gasteiger partial charge in [0.15, 0.2) is 0 Å². The summed E-state index contributed by atoms with van der Waals surface area (Å²) in [6.07, 6.45) is 1.06. The highest BCUT2D eigenvalue weighted by Crippen LogP contribution is 2.43. The molecule has 0 N–H and O–H groups in total. The summed E-state index contributed by atoms with van der Waals surface area (Å²) in [7, 11) is 2.09. The van der Waals surface area contributed by atoms with Crippen molar-refractivity contribution in [2.45, 2.75) is 18.5 Å². The van der Waals surface area contributed by atoms with Gasteiger partial charge in [0.25, 0.3) is 0 Å². The van der Waals surface area contributed by atoms with E-state index in [0.717, 1.165) is 18.7 Å². The predicted molar refractivity (Wildman–Crippen MR) is 87.6 cm³/mol. The van der Waals surface area contributed by atoms with Gasteiger partial charge in [0.1, 0.15) is 0 Å². The molecule has 2 aromatic carbocycles. The molecule has 2 aromatic rings. The number of carbonyl (C=O) groups excluding carboxylic acids is 1. The molecule has 2 aliphatic heterocycles. The van der Waals surface area contributed by atoms with Gasteiger partial charge in [-0.15, -0.1) is 0 Å². The minimum atomic E-state index is 0.0189. The van der Waals surface area contributed by atoms with Crippen molar-refractivity contribution in [1.82, 2.24) is 4.90 Å². The van der Waals surface area contributed by atoms with E-state index in [4.69, 9.17) is 0 Å². The van der Waals surface area contributed by atoms with E-state index in [1.54, 1.807) is 0 Å². The molecule has 0 aromatic heterocycles. The third-order valence-electron chi connectivity index (χ3n) is 5.09. The fourth-order valence-electron chi connectivity index (χ4n) is 4.03. The van der Waals surface area contributed by atoms with Crippen LogP contribution in [0.3, 0.4) is 0 Å². The standard InChI is InChI=1S/C19H20N2O/c1-20-17(14-8-4-2-5-9-14)12-15-13-21(19(22)18(15)20)16-10-6-3-7-11-16/h2-11,15,17-18H,12-13H2,1H3. The Hall–Kier alpha value is -2.13. The molecule has 2 aliphatic rings. The number of benzene rings is 2. The molecule has 0 radical (unpaired) electrons. The highest BCUT2D eigenvalue weighted by Gasteiger charge is 2.50. The zero-order valence-electron chi connectivity index (χ0n) is 12.7. The van der Waals surface area contributed by atoms with Crippen LogP contribution in [0.2, 0.25) is 0 Å². The van der Waals surface area contributed by atoms with Gasteiger partial charge in [-0.25, -0.2) is 0 Å². The van der Waals surface area contributed by atoms with Crippen LogP contribution in [0.15, 0.2) is 60.7 Å². The third kappa shape index (κ3) is 2.04. The first-order valence-corrected chi connectivity index (χ1v) is 7.89. The van der Waals surface area contributed by atoms with Gasteiger partial charge in [0.05, 0.1) is 6.04 Å². The summed E-state index contributed by atoms with van der Waals surface area (Å²) in [5.74, 6) is 0.667. The second kappa shape index (κ2) is 5.25. The Kier molecular flexibility index (Phi) is 3.23. The number of hydrogen-bond donors (Lipinski definition) is 0. The summed E-state index contributed by atoms with van der Waals surface area (Å²) < 4.78 is 0. The van der Waals surface area contributed by atoms with Crippen molar-refractivity contribution in [2.24, 2.45) is 5.92 Å². The lowest BCUT2D eigenvalue weighted by molar-refractivity contribution is -0.121. The van der Waals surface area contributed by atoms with Crippen LogP contribution in [0, 0.1) is 5.92 Å². The van der Waals surface area contributed by atoms with Crippen LogP contribution >= 0.6 is 0 Å². The summed E-state index contributed by atoms with van der Waals surface area (Å²) in [5.41, 5.74) is 2.34. The van der Waals surface area contributed by atoms with Crippen molar-refractivity contribution in [3.63, 3.8) is 0 Å². The number of carbonyl (C=O) groups is 1. The highest BCUT2D eigenvalue weighted by atomic mass is 16.2. The van der Waals surface area contributed by atoms with Crippen LogP contribution in [0.5, 0.6) is 0 Å². The molecule has 1 amide bonds. The van der Waals surface area contributed by atoms with E-state index in [9.17, 15) is 4.79 Å². The van der Waals surface area contributed by atoms with Crippen LogP contribution in [0.1, 0.15) is 18.0 Å². The van der Waals surface area contributed by atoms with Gasteiger partial charge in [0, 0.05) is 24.2 Å². The minimum absolute atomic E-state index is 0.0189. The van der Waals surface area contributed by atoms with Gasteiger partial charge in [0.2, 0.25) is 5.91 Å². The van der Waals surface area contributed by atoms with E-state index in [-0.39, 0.29) is 11.9 Å². The molecular formula is C19H20N2O. The average Bonchev–Trinajstić information content (AvgIpc) is 3.07. The maximum Gasteiger partial charge on any atom is 0.244 e. The zero-order chi connectivity index (χ0) is 15.1. The molecule has 3 heteroatoms. The summed E-state index contributed by atoms with van der Waals surface area (Å²) in [5, 5.41) is 0. The number of likely N-dealkylation sites (tertiary alicyclic amines) is 1. The van der Waals surface area contributed by atoms with E-state index in [0.29, 0.717) is 12.0 Å². The van der Waals surface area contributed by atoms with E-state index >= 15 is 0 Å². The smallest absolute Gasteiger partial charge is 0.244 e. The first-order chi connectivity index (χ1) is 10.8. The monoisotopic (exact) mass is 292 g/mol. The number of rotatable bonds is 2. The maximum atomic E-state index is 12.9. The van der Waals surface area contributed by atoms with Crippen molar-refractivity contribution in [3.05, 3.63) is 66.2 Å². The Morgan fingerprint density at radius 1 is 0.955 bits per heavy atom. The SMILES string of the molecule is CN1C(c2ccccc2)CC2CN(c3ccccc3)C(=O)C21. The zero-order valence-corrected chi connectivity index (χ0v) is 12.7. The third-order valence-corrected chi connectivity index (χ3v) is 5.09. The Morgan fingerprint density at radius 3 is 2.23 bits per heavy atom. The highest BCUT2D eigenvalue weighted by molar-refractivity contribution is 6.00. The molecule has 0 bridgehead atoms. The predicted octanol–water partition coefficient (Wildman–Crippen LogP) is 3.09. The molecule has 22 heavy (non-hydrogen) atoms. The molecule has 3 nitrogen and oxygen atoms in total. The lowest BCUT2D eigenvalue weighted by Gasteiger charge is -2.26. The van der Waals surface area contributed by atoms with Gasteiger partial charge >= 0.3 is 0 Å². The lowest BCUT2D eigenvalue weighted by atomic mass is 9.98. The molecule has 3 atom stereocenters. The topological polar surface area (TPSA) is 23.6 Å². The maximum absolute atomic E-state index is 12.9. The summed E-state index contributed by atoms with van der Waals surface area (Å²) in [4.78, 5) is 17.1. The number of nitrogens with zero attached hydrogens (tertiary/aromatic N) is 2. The first kappa shape index (κ1) is 13.5. The van der Waals surface area contributed by atoms with Crippen molar-refractivity contribution in [2.75, 3.05) is 18.5 Å². The van der Waals surface area contributed by atoms with E-state index in [2.05, 4.69) is 36.2 Å². The quantitative estimate of drug-likeness (QED) is 0.849. The number of amides is 1. The Balaban J connectivity index is 1.59. The Morgan fingerprint density at radius 2 is 1.59 bits per heavy atom. The van der Waals surface area contributed by atoms with Gasteiger partial charge in [-0.3, -0.25) is 9.69 Å². The number of fused-ring (bicyclic) bond motifs is 1. The van der Waals surface area contributed by atoms with Crippen molar-refractivity contribution in [1.29, 1.82) is 0 Å². The lowest BCUT2D eigenvalue weighted by Crippen LogP contribution is -2.39. The second-order valence-electron chi connectivity index (χ2n) is 6.32. The molecule has 112 valence electrons. The van der Waals surface area contributed by atoms with Crippen LogP contribution in [-0.4, -0.2) is 30.4 Å². The Bertz CT molecular complexity index is 670. The largest absolute Gasteiger partial charge is 0.311 e. The van der Waals surface area contributed by atoms with Gasteiger partial charge in [-0.05, 0) is 31.2 Å². The molecule has 3 unspecified atom stereocenters. The van der Waals surface area contributed by atoms with Gasteiger partial charge in [-0.1, -0.05) is 48.5 Å². The molecule has 2 saturated heterocycles. The van der Waals surface area contributed by atoms with Gasteiger partial charge in [-0.2, -0.15) is 0 Å². The summed E-state index contributed by atoms with van der Waals surface area (Å²) in [6, 6.07) is 20.9. The normalized spacial score (nSPS) is 28.1. The van der Waals surface area contributed by atoms with Crippen molar-refractivity contribution >= 4 is 11.6 Å². The average molecular weight is 292 g/mol. The molecule has 4 rings (SSSR count). The van der Waals surface area contributed by atoms with Crippen LogP contribution in [-0.2, 0) is 4.79 Å². The molecule has 0 aliphatic carbocycles. The second-order valence-corrected chi connectivity index (χ2v) is 6.32. The molecule has 2 fully saturated rings. The number of likely N-dealkylation sites (N-methyl/N-ethyl adjacent to an activating group) is 1. The molecular weight excluding hydrogens is 272 g/mol. The van der Waals surface area contributed by atoms with Crippen LogP contribution in [0.25, 0.3) is 0 Å². The molecule has 0 spiro atoms. The fraction of sp³-hybridized carbons (Fsp3) is 0.316. The first-order valence-electron chi connectivity index (χ1n) is 7.89. The van der Waals surface area contributed by atoms with E-state index in [1.807, 2.05) is 41.3 Å². The van der Waals surface area contributed by atoms with Crippen molar-refractivity contribution < 1.29 is 4.79 Å². The van der Waals surface area contributed by atoms with Gasteiger partial charge < -0.3 is 4.90 Å². The number of para-hydroxylation sites is 1. The van der Waals surface area contributed by atoms with Crippen LogP contribution < -0.4 is 4.90 Å². The Labute approximate surface area is 131 Å². The summed E-state index contributed by atoms with van der Waals surface area (Å²) >= 11 is 0. The van der Waals surface area contributed by atoms with E-state index < -0.39 is 0 Å². The molecule has 0 saturated carbocycles. The number of anilines is 1.